The SMILES string of the molecule is CC(=O)c1ccc2c(c1)Cc1ccccc1S2=O. The van der Waals surface area contributed by atoms with Crippen LogP contribution in [0.5, 0.6) is 0 Å². The number of carbonyl (C=O) groups is 1. The first kappa shape index (κ1) is 11.4. The number of hydrogen-bond donors (Lipinski definition) is 0. The predicted molar refractivity (Wildman–Crippen MR) is 70.4 cm³/mol. The van der Waals surface area contributed by atoms with Gasteiger partial charge >= 0.3 is 0 Å². The minimum atomic E-state index is -1.12. The number of carbonyl (C=O) groups excluding carboxylic acids is 1. The first-order valence-corrected chi connectivity index (χ1v) is 6.95. The van der Waals surface area contributed by atoms with Gasteiger partial charge in [0.05, 0.1) is 10.8 Å². The van der Waals surface area contributed by atoms with Crippen molar-refractivity contribution in [3.05, 3.63) is 59.2 Å². The van der Waals surface area contributed by atoms with Crippen molar-refractivity contribution in [2.45, 2.75) is 23.1 Å². The average molecular weight is 256 g/mol. The zero-order valence-corrected chi connectivity index (χ0v) is 10.8. The number of fused-ring (bicyclic) bond motifs is 2. The van der Waals surface area contributed by atoms with Crippen molar-refractivity contribution in [1.82, 2.24) is 0 Å². The van der Waals surface area contributed by atoms with E-state index < -0.39 is 10.8 Å². The first-order chi connectivity index (χ1) is 8.66. The molecule has 0 fully saturated rings. The van der Waals surface area contributed by atoms with Crippen molar-refractivity contribution in [1.29, 1.82) is 0 Å². The van der Waals surface area contributed by atoms with E-state index in [1.165, 1.54) is 0 Å². The van der Waals surface area contributed by atoms with E-state index in [0.717, 1.165) is 27.3 Å². The molecule has 0 amide bonds. The molecule has 3 heteroatoms. The van der Waals surface area contributed by atoms with Crippen LogP contribution in [0.25, 0.3) is 0 Å². The lowest BCUT2D eigenvalue weighted by Gasteiger charge is -2.19. The Labute approximate surface area is 108 Å². The molecular weight excluding hydrogens is 244 g/mol. The van der Waals surface area contributed by atoms with Crippen LogP contribution < -0.4 is 0 Å². The molecule has 1 heterocycles. The lowest BCUT2D eigenvalue weighted by molar-refractivity contribution is 0.101. The van der Waals surface area contributed by atoms with Gasteiger partial charge in [-0.3, -0.25) is 4.79 Å². The number of benzene rings is 2. The fourth-order valence-corrected chi connectivity index (χ4v) is 3.65. The normalized spacial score (nSPS) is 16.8. The second-order valence-corrected chi connectivity index (χ2v) is 5.85. The molecule has 0 aliphatic carbocycles. The largest absolute Gasteiger partial charge is 0.295 e. The van der Waals surface area contributed by atoms with E-state index in [9.17, 15) is 9.00 Å². The minimum Gasteiger partial charge on any atom is -0.295 e. The minimum absolute atomic E-state index is 0.0439. The summed E-state index contributed by atoms with van der Waals surface area (Å²) in [7, 11) is -1.12. The average Bonchev–Trinajstić information content (AvgIpc) is 2.38. The van der Waals surface area contributed by atoms with Crippen LogP contribution in [-0.2, 0) is 17.2 Å². The highest BCUT2D eigenvalue weighted by Crippen LogP contribution is 2.31. The molecule has 2 nitrogen and oxygen atoms in total. The van der Waals surface area contributed by atoms with Gasteiger partial charge in [-0.1, -0.05) is 24.3 Å². The van der Waals surface area contributed by atoms with E-state index in [-0.39, 0.29) is 5.78 Å². The van der Waals surface area contributed by atoms with Crippen LogP contribution in [0, 0.1) is 0 Å². The molecule has 18 heavy (non-hydrogen) atoms. The molecule has 2 aromatic rings. The van der Waals surface area contributed by atoms with Crippen LogP contribution in [-0.4, -0.2) is 9.99 Å². The van der Waals surface area contributed by atoms with Crippen molar-refractivity contribution in [2.75, 3.05) is 0 Å². The molecule has 0 spiro atoms. The van der Waals surface area contributed by atoms with Crippen LogP contribution >= 0.6 is 0 Å². The summed E-state index contributed by atoms with van der Waals surface area (Å²) < 4.78 is 12.4. The number of Topliss-reactive ketones (excluding diaryl/α,β-unsaturated/α-hetero) is 1. The smallest absolute Gasteiger partial charge is 0.159 e. The van der Waals surface area contributed by atoms with Gasteiger partial charge in [-0.2, -0.15) is 0 Å². The molecule has 3 rings (SSSR count). The van der Waals surface area contributed by atoms with Crippen LogP contribution in [0.2, 0.25) is 0 Å². The zero-order valence-electron chi connectivity index (χ0n) is 9.97. The number of hydrogen-bond acceptors (Lipinski definition) is 2. The van der Waals surface area contributed by atoms with E-state index in [1.54, 1.807) is 13.0 Å². The van der Waals surface area contributed by atoms with E-state index in [4.69, 9.17) is 0 Å². The summed E-state index contributed by atoms with van der Waals surface area (Å²) in [4.78, 5) is 13.1. The van der Waals surface area contributed by atoms with Gasteiger partial charge in [0.2, 0.25) is 0 Å². The summed E-state index contributed by atoms with van der Waals surface area (Å²) in [6, 6.07) is 13.2. The Bertz CT molecular complexity index is 674. The Morgan fingerprint density at radius 3 is 2.56 bits per heavy atom. The van der Waals surface area contributed by atoms with Gasteiger partial charge in [-0.15, -0.1) is 0 Å². The van der Waals surface area contributed by atoms with Gasteiger partial charge in [0.15, 0.2) is 5.78 Å². The predicted octanol–water partition coefficient (Wildman–Crippen LogP) is 2.96. The van der Waals surface area contributed by atoms with Crippen LogP contribution in [0.1, 0.15) is 28.4 Å². The van der Waals surface area contributed by atoms with E-state index >= 15 is 0 Å². The fourth-order valence-electron chi connectivity index (χ4n) is 2.27. The summed E-state index contributed by atoms with van der Waals surface area (Å²) in [5.74, 6) is 0.0439. The van der Waals surface area contributed by atoms with Crippen molar-refractivity contribution in [3.8, 4) is 0 Å². The lowest BCUT2D eigenvalue weighted by Crippen LogP contribution is -2.10. The van der Waals surface area contributed by atoms with Gasteiger partial charge < -0.3 is 0 Å². The summed E-state index contributed by atoms with van der Waals surface area (Å²) in [6.07, 6.45) is 0.748. The Morgan fingerprint density at radius 2 is 1.78 bits per heavy atom. The number of ketones is 1. The van der Waals surface area contributed by atoms with E-state index in [0.29, 0.717) is 5.56 Å². The molecule has 1 aliphatic heterocycles. The van der Waals surface area contributed by atoms with Gasteiger partial charge in [-0.05, 0) is 42.7 Å². The molecular formula is C15H12O2S. The highest BCUT2D eigenvalue weighted by atomic mass is 32.2. The quantitative estimate of drug-likeness (QED) is 0.627. The van der Waals surface area contributed by atoms with Gasteiger partial charge in [0.25, 0.3) is 0 Å². The summed E-state index contributed by atoms with van der Waals surface area (Å²) in [6.45, 7) is 1.55. The van der Waals surface area contributed by atoms with Crippen molar-refractivity contribution in [2.24, 2.45) is 0 Å². The molecule has 1 atom stereocenters. The van der Waals surface area contributed by atoms with Gasteiger partial charge in [0, 0.05) is 15.4 Å². The Morgan fingerprint density at radius 1 is 1.06 bits per heavy atom. The maximum absolute atomic E-state index is 12.4. The standard InChI is InChI=1S/C15H12O2S/c1-10(16)11-6-7-15-13(8-11)9-12-4-2-3-5-14(12)18(15)17/h2-8H,9H2,1H3. The van der Waals surface area contributed by atoms with Gasteiger partial charge in [-0.25, -0.2) is 4.21 Å². The molecule has 90 valence electrons. The van der Waals surface area contributed by atoms with Crippen LogP contribution in [0.3, 0.4) is 0 Å². The Hall–Kier alpha value is -1.74. The second kappa shape index (κ2) is 4.18. The molecule has 0 saturated heterocycles. The molecule has 0 radical (unpaired) electrons. The van der Waals surface area contributed by atoms with E-state index in [2.05, 4.69) is 0 Å². The second-order valence-electron chi connectivity index (χ2n) is 4.43. The zero-order chi connectivity index (χ0) is 12.7. The Balaban J connectivity index is 2.16. The molecule has 1 aliphatic rings. The lowest BCUT2D eigenvalue weighted by atomic mass is 10.0. The van der Waals surface area contributed by atoms with E-state index in [1.807, 2.05) is 36.4 Å². The molecule has 0 N–H and O–H groups in total. The first-order valence-electron chi connectivity index (χ1n) is 5.80. The molecule has 0 aromatic heterocycles. The molecule has 0 bridgehead atoms. The third kappa shape index (κ3) is 1.71. The highest BCUT2D eigenvalue weighted by Gasteiger charge is 2.22. The molecule has 1 unspecified atom stereocenters. The Kier molecular flexibility index (Phi) is 2.63. The van der Waals surface area contributed by atoms with Crippen LogP contribution in [0.15, 0.2) is 52.3 Å². The third-order valence-electron chi connectivity index (χ3n) is 3.22. The fraction of sp³-hybridized carbons (Fsp3) is 0.133. The summed E-state index contributed by atoms with van der Waals surface area (Å²) in [5.41, 5.74) is 2.77. The molecule has 0 saturated carbocycles. The monoisotopic (exact) mass is 256 g/mol. The highest BCUT2D eigenvalue weighted by molar-refractivity contribution is 7.85. The van der Waals surface area contributed by atoms with Crippen molar-refractivity contribution < 1.29 is 9.00 Å². The summed E-state index contributed by atoms with van der Waals surface area (Å²) >= 11 is 0. The van der Waals surface area contributed by atoms with Crippen molar-refractivity contribution >= 4 is 16.6 Å². The molecule has 2 aromatic carbocycles. The maximum Gasteiger partial charge on any atom is 0.159 e. The number of rotatable bonds is 1. The maximum atomic E-state index is 12.4. The topological polar surface area (TPSA) is 34.1 Å². The third-order valence-corrected chi connectivity index (χ3v) is 4.82. The van der Waals surface area contributed by atoms with Gasteiger partial charge in [0.1, 0.15) is 0 Å². The van der Waals surface area contributed by atoms with Crippen molar-refractivity contribution in [3.63, 3.8) is 0 Å². The van der Waals surface area contributed by atoms with Crippen LogP contribution in [0.4, 0.5) is 0 Å². The summed E-state index contributed by atoms with van der Waals surface area (Å²) in [5, 5.41) is 0.